The van der Waals surface area contributed by atoms with Gasteiger partial charge >= 0.3 is 0 Å². The molecular weight excluding hydrogens is 286 g/mol. The van der Waals surface area contributed by atoms with Crippen LogP contribution >= 0.6 is 0 Å². The normalized spacial score (nSPS) is 13.7. The summed E-state index contributed by atoms with van der Waals surface area (Å²) in [5, 5.41) is 0. The average Bonchev–Trinajstić information content (AvgIpc) is 3.10. The van der Waals surface area contributed by atoms with E-state index in [4.69, 9.17) is 4.74 Å². The Hall–Kier alpha value is -2.75. The lowest BCUT2D eigenvalue weighted by Gasteiger charge is -2.31. The highest BCUT2D eigenvalue weighted by Gasteiger charge is 2.21. The number of ether oxygens (including phenoxy) is 1. The molecule has 0 fully saturated rings. The molecule has 0 unspecified atom stereocenters. The predicted molar refractivity (Wildman–Crippen MR) is 90.9 cm³/mol. The van der Waals surface area contributed by atoms with Gasteiger partial charge in [0.1, 0.15) is 11.5 Å². The van der Waals surface area contributed by atoms with Crippen molar-refractivity contribution in [2.45, 2.75) is 19.4 Å². The van der Waals surface area contributed by atoms with E-state index in [0.717, 1.165) is 43.1 Å². The highest BCUT2D eigenvalue weighted by molar-refractivity contribution is 5.61. The van der Waals surface area contributed by atoms with Gasteiger partial charge in [-0.1, -0.05) is 24.3 Å². The Morgan fingerprint density at radius 3 is 2.83 bits per heavy atom. The van der Waals surface area contributed by atoms with Gasteiger partial charge in [0.25, 0.3) is 0 Å². The number of H-pyrrole nitrogens is 1. The molecule has 0 radical (unpaired) electrons. The third-order valence-electron chi connectivity index (χ3n) is 4.18. The summed E-state index contributed by atoms with van der Waals surface area (Å²) in [6.45, 7) is 1.87. The fraction of sp³-hybridized carbons (Fsp3) is 0.211. The Morgan fingerprint density at radius 1 is 1.09 bits per heavy atom. The van der Waals surface area contributed by atoms with Crippen molar-refractivity contribution >= 4 is 5.69 Å². The summed E-state index contributed by atoms with van der Waals surface area (Å²) in [4.78, 5) is 9.75. The number of hydrogen-bond acceptors (Lipinski definition) is 3. The summed E-state index contributed by atoms with van der Waals surface area (Å²) in [5.74, 6) is 1.84. The second-order valence-electron chi connectivity index (χ2n) is 5.75. The van der Waals surface area contributed by atoms with Gasteiger partial charge in [-0.2, -0.15) is 0 Å². The van der Waals surface area contributed by atoms with Crippen LogP contribution in [0.5, 0.6) is 11.5 Å². The molecular formula is C19H19N3O. The first-order valence-corrected chi connectivity index (χ1v) is 7.97. The monoisotopic (exact) mass is 305 g/mol. The van der Waals surface area contributed by atoms with E-state index in [1.165, 1.54) is 11.3 Å². The molecule has 3 aromatic rings. The molecule has 23 heavy (non-hydrogen) atoms. The largest absolute Gasteiger partial charge is 0.457 e. The van der Waals surface area contributed by atoms with Gasteiger partial charge in [-0.3, -0.25) is 0 Å². The van der Waals surface area contributed by atoms with Gasteiger partial charge < -0.3 is 14.6 Å². The Morgan fingerprint density at radius 2 is 2.00 bits per heavy atom. The van der Waals surface area contributed by atoms with Crippen molar-refractivity contribution < 1.29 is 4.74 Å². The summed E-state index contributed by atoms with van der Waals surface area (Å²) in [6.07, 6.45) is 5.87. The van der Waals surface area contributed by atoms with Crippen LogP contribution in [0.4, 0.5) is 5.69 Å². The lowest BCUT2D eigenvalue weighted by atomic mass is 10.0. The molecule has 1 N–H and O–H groups in total. The summed E-state index contributed by atoms with van der Waals surface area (Å²) in [5.41, 5.74) is 3.61. The van der Waals surface area contributed by atoms with E-state index < -0.39 is 0 Å². The van der Waals surface area contributed by atoms with E-state index >= 15 is 0 Å². The van der Waals surface area contributed by atoms with Gasteiger partial charge in [-0.25, -0.2) is 4.98 Å². The summed E-state index contributed by atoms with van der Waals surface area (Å²) in [6, 6.07) is 16.3. The lowest BCUT2D eigenvalue weighted by molar-refractivity contribution is 0.472. The maximum absolute atomic E-state index is 6.11. The van der Waals surface area contributed by atoms with Crippen LogP contribution in [0.25, 0.3) is 0 Å². The minimum Gasteiger partial charge on any atom is -0.457 e. The molecule has 0 saturated heterocycles. The number of rotatable bonds is 4. The first-order chi connectivity index (χ1) is 11.4. The molecule has 0 atom stereocenters. The van der Waals surface area contributed by atoms with Crippen LogP contribution in [-0.4, -0.2) is 16.5 Å². The maximum Gasteiger partial charge on any atom is 0.132 e. The van der Waals surface area contributed by atoms with Crippen LogP contribution < -0.4 is 9.64 Å². The van der Waals surface area contributed by atoms with Gasteiger partial charge in [0, 0.05) is 24.0 Å². The molecule has 1 aromatic heterocycles. The zero-order chi connectivity index (χ0) is 15.5. The first-order valence-electron chi connectivity index (χ1n) is 7.97. The van der Waals surface area contributed by atoms with Crippen molar-refractivity contribution in [3.8, 4) is 11.5 Å². The quantitative estimate of drug-likeness (QED) is 0.787. The number of hydrogen-bond donors (Lipinski definition) is 1. The molecule has 0 aliphatic carbocycles. The van der Waals surface area contributed by atoms with E-state index in [9.17, 15) is 0 Å². The molecule has 4 heteroatoms. The second-order valence-corrected chi connectivity index (χ2v) is 5.75. The highest BCUT2D eigenvalue weighted by atomic mass is 16.5. The van der Waals surface area contributed by atoms with Gasteiger partial charge in [-0.05, 0) is 37.1 Å². The molecule has 2 heterocycles. The van der Waals surface area contributed by atoms with Crippen molar-refractivity contribution in [2.75, 3.05) is 11.4 Å². The number of aromatic nitrogens is 2. The van der Waals surface area contributed by atoms with Crippen LogP contribution in [0.3, 0.4) is 0 Å². The molecule has 1 aliphatic rings. The Labute approximate surface area is 135 Å². The van der Waals surface area contributed by atoms with E-state index in [0.29, 0.717) is 0 Å². The van der Waals surface area contributed by atoms with Gasteiger partial charge in [0.2, 0.25) is 0 Å². The van der Waals surface area contributed by atoms with Crippen LogP contribution in [0, 0.1) is 0 Å². The first kappa shape index (κ1) is 13.9. The third-order valence-corrected chi connectivity index (χ3v) is 4.18. The Bertz CT molecular complexity index is 769. The molecule has 4 nitrogen and oxygen atoms in total. The van der Waals surface area contributed by atoms with Crippen LogP contribution in [0.2, 0.25) is 0 Å². The summed E-state index contributed by atoms with van der Waals surface area (Å²) >= 11 is 0. The number of benzene rings is 2. The van der Waals surface area contributed by atoms with Gasteiger partial charge in [-0.15, -0.1) is 0 Å². The predicted octanol–water partition coefficient (Wildman–Crippen LogP) is 4.15. The lowest BCUT2D eigenvalue weighted by Crippen LogP contribution is -2.29. The summed E-state index contributed by atoms with van der Waals surface area (Å²) in [7, 11) is 0. The van der Waals surface area contributed by atoms with Gasteiger partial charge in [0.05, 0.1) is 18.6 Å². The molecule has 4 rings (SSSR count). The van der Waals surface area contributed by atoms with E-state index in [1.807, 2.05) is 36.5 Å². The number of nitrogens with one attached hydrogen (secondary N) is 1. The van der Waals surface area contributed by atoms with Crippen LogP contribution in [0.15, 0.2) is 61.1 Å². The minimum absolute atomic E-state index is 0.825. The van der Waals surface area contributed by atoms with Crippen LogP contribution in [-0.2, 0) is 13.0 Å². The van der Waals surface area contributed by atoms with Crippen molar-refractivity contribution in [2.24, 2.45) is 0 Å². The topological polar surface area (TPSA) is 41.1 Å². The van der Waals surface area contributed by atoms with E-state index in [-0.39, 0.29) is 0 Å². The molecule has 1 aliphatic heterocycles. The number of para-hydroxylation sites is 1. The molecule has 116 valence electrons. The smallest absolute Gasteiger partial charge is 0.132 e. The van der Waals surface area contributed by atoms with Crippen molar-refractivity contribution in [1.82, 2.24) is 9.97 Å². The fourth-order valence-electron chi connectivity index (χ4n) is 3.12. The molecule has 2 aromatic carbocycles. The SMILES string of the molecule is c1ccc(Oc2cccc3c2CCCN3Cc2c[nH]cn2)cc1. The average molecular weight is 305 g/mol. The van der Waals surface area contributed by atoms with Crippen LogP contribution in [0.1, 0.15) is 17.7 Å². The number of imidazole rings is 1. The number of aromatic amines is 1. The fourth-order valence-corrected chi connectivity index (χ4v) is 3.12. The van der Waals surface area contributed by atoms with Gasteiger partial charge in [0.15, 0.2) is 0 Å². The zero-order valence-corrected chi connectivity index (χ0v) is 12.9. The minimum atomic E-state index is 0.825. The Kier molecular flexibility index (Phi) is 3.72. The molecule has 0 spiro atoms. The van der Waals surface area contributed by atoms with E-state index in [1.54, 1.807) is 6.33 Å². The standard InChI is InChI=1S/C19H19N3O/c1-2-6-16(7-3-1)23-19-10-4-9-18-17(19)8-5-11-22(18)13-15-12-20-14-21-15/h1-4,6-7,9-10,12,14H,5,8,11,13H2,(H,20,21). The molecule has 0 bridgehead atoms. The summed E-state index contributed by atoms with van der Waals surface area (Å²) < 4.78 is 6.11. The Balaban J connectivity index is 1.63. The third kappa shape index (κ3) is 2.93. The number of fused-ring (bicyclic) bond motifs is 1. The van der Waals surface area contributed by atoms with Crippen molar-refractivity contribution in [1.29, 1.82) is 0 Å². The molecule has 0 saturated carbocycles. The van der Waals surface area contributed by atoms with Crippen molar-refractivity contribution in [3.05, 3.63) is 72.3 Å². The molecule has 0 amide bonds. The maximum atomic E-state index is 6.11. The van der Waals surface area contributed by atoms with E-state index in [2.05, 4.69) is 33.1 Å². The highest BCUT2D eigenvalue weighted by Crippen LogP contribution is 2.36. The number of anilines is 1. The second kappa shape index (κ2) is 6.16. The number of nitrogens with zero attached hydrogens (tertiary/aromatic N) is 2. The van der Waals surface area contributed by atoms with Crippen molar-refractivity contribution in [3.63, 3.8) is 0 Å². The zero-order valence-electron chi connectivity index (χ0n) is 12.9.